The van der Waals surface area contributed by atoms with Gasteiger partial charge in [0.15, 0.2) is 0 Å². The number of rotatable bonds is 3. The van der Waals surface area contributed by atoms with Crippen molar-refractivity contribution in [1.29, 1.82) is 0 Å². The predicted octanol–water partition coefficient (Wildman–Crippen LogP) is 3.03. The van der Waals surface area contributed by atoms with Crippen LogP contribution in [0.2, 0.25) is 5.02 Å². The van der Waals surface area contributed by atoms with Gasteiger partial charge < -0.3 is 10.0 Å². The van der Waals surface area contributed by atoms with Crippen molar-refractivity contribution in [2.45, 2.75) is 38.2 Å². The SMILES string of the molecule is Cc1ccc(C(=O)N(C)CC2(O)CCCC2)c(Cl)c1. The zero-order valence-electron chi connectivity index (χ0n) is 11.4. The fraction of sp³-hybridized carbons (Fsp3) is 0.533. The number of aryl methyl sites for hydroxylation is 1. The maximum atomic E-state index is 12.3. The average molecular weight is 282 g/mol. The molecule has 0 unspecified atom stereocenters. The van der Waals surface area contributed by atoms with Gasteiger partial charge in [0.25, 0.3) is 5.91 Å². The minimum atomic E-state index is -0.721. The van der Waals surface area contributed by atoms with Crippen LogP contribution in [0.25, 0.3) is 0 Å². The summed E-state index contributed by atoms with van der Waals surface area (Å²) in [7, 11) is 1.72. The molecule has 1 fully saturated rings. The summed E-state index contributed by atoms with van der Waals surface area (Å²) in [6.07, 6.45) is 3.60. The van der Waals surface area contributed by atoms with E-state index in [0.717, 1.165) is 31.2 Å². The molecule has 0 saturated heterocycles. The van der Waals surface area contributed by atoms with Crippen LogP contribution in [0.4, 0.5) is 0 Å². The average Bonchev–Trinajstić information content (AvgIpc) is 2.75. The van der Waals surface area contributed by atoms with Crippen LogP contribution < -0.4 is 0 Å². The summed E-state index contributed by atoms with van der Waals surface area (Å²) in [5.41, 5.74) is 0.802. The number of hydrogen-bond donors (Lipinski definition) is 1. The van der Waals surface area contributed by atoms with Crippen LogP contribution in [0.1, 0.15) is 41.6 Å². The molecule has 1 aromatic carbocycles. The monoisotopic (exact) mass is 281 g/mol. The molecule has 3 nitrogen and oxygen atoms in total. The van der Waals surface area contributed by atoms with E-state index in [2.05, 4.69) is 0 Å². The number of aliphatic hydroxyl groups is 1. The molecule has 0 aliphatic heterocycles. The molecule has 2 rings (SSSR count). The third-order valence-corrected chi connectivity index (χ3v) is 4.08. The Kier molecular flexibility index (Phi) is 4.16. The highest BCUT2D eigenvalue weighted by Gasteiger charge is 2.33. The highest BCUT2D eigenvalue weighted by molar-refractivity contribution is 6.33. The first kappa shape index (κ1) is 14.4. The second-order valence-corrected chi connectivity index (χ2v) is 5.98. The topological polar surface area (TPSA) is 40.5 Å². The molecule has 0 spiro atoms. The van der Waals surface area contributed by atoms with Gasteiger partial charge in [0, 0.05) is 13.6 Å². The van der Waals surface area contributed by atoms with Crippen molar-refractivity contribution < 1.29 is 9.90 Å². The Morgan fingerprint density at radius 1 is 1.42 bits per heavy atom. The van der Waals surface area contributed by atoms with Gasteiger partial charge in [-0.15, -0.1) is 0 Å². The molecule has 0 aromatic heterocycles. The van der Waals surface area contributed by atoms with Crippen molar-refractivity contribution in [3.05, 3.63) is 34.3 Å². The Morgan fingerprint density at radius 2 is 2.05 bits per heavy atom. The number of benzene rings is 1. The highest BCUT2D eigenvalue weighted by atomic mass is 35.5. The van der Waals surface area contributed by atoms with E-state index in [0.29, 0.717) is 17.1 Å². The number of halogens is 1. The maximum Gasteiger partial charge on any atom is 0.255 e. The molecule has 1 aromatic rings. The molecule has 1 amide bonds. The molecule has 0 atom stereocenters. The Labute approximate surface area is 119 Å². The van der Waals surface area contributed by atoms with Crippen molar-refractivity contribution in [1.82, 2.24) is 4.90 Å². The normalized spacial score (nSPS) is 17.5. The van der Waals surface area contributed by atoms with Crippen LogP contribution in [0.5, 0.6) is 0 Å². The molecule has 4 heteroatoms. The lowest BCUT2D eigenvalue weighted by molar-refractivity contribution is 0.0157. The standard InChI is InChI=1S/C15H20ClNO2/c1-11-5-6-12(13(16)9-11)14(18)17(2)10-15(19)7-3-4-8-15/h5-6,9,19H,3-4,7-8,10H2,1-2H3. The third kappa shape index (κ3) is 3.28. The van der Waals surface area contributed by atoms with Crippen LogP contribution in [0.3, 0.4) is 0 Å². The smallest absolute Gasteiger partial charge is 0.255 e. The lowest BCUT2D eigenvalue weighted by atomic mass is 10.0. The molecule has 104 valence electrons. The zero-order valence-corrected chi connectivity index (χ0v) is 12.2. The summed E-state index contributed by atoms with van der Waals surface area (Å²) >= 11 is 6.11. The molecule has 1 N–H and O–H groups in total. The predicted molar refractivity (Wildman–Crippen MR) is 76.6 cm³/mol. The second kappa shape index (κ2) is 5.51. The molecule has 0 heterocycles. The highest BCUT2D eigenvalue weighted by Crippen LogP contribution is 2.30. The van der Waals surface area contributed by atoms with E-state index >= 15 is 0 Å². The summed E-state index contributed by atoms with van der Waals surface area (Å²) < 4.78 is 0. The molecule has 0 bridgehead atoms. The molecule has 1 aliphatic rings. The molecule has 1 aliphatic carbocycles. The Hall–Kier alpha value is -1.06. The van der Waals surface area contributed by atoms with Crippen LogP contribution in [-0.4, -0.2) is 35.1 Å². The van der Waals surface area contributed by atoms with Crippen molar-refractivity contribution >= 4 is 17.5 Å². The Bertz CT molecular complexity index is 481. The fourth-order valence-corrected chi connectivity index (χ4v) is 3.02. The van der Waals surface area contributed by atoms with Gasteiger partial charge in [-0.25, -0.2) is 0 Å². The molecule has 19 heavy (non-hydrogen) atoms. The van der Waals surface area contributed by atoms with E-state index in [1.54, 1.807) is 24.1 Å². The molecule has 1 saturated carbocycles. The molecular formula is C15H20ClNO2. The van der Waals surface area contributed by atoms with E-state index in [1.165, 1.54) is 0 Å². The van der Waals surface area contributed by atoms with Gasteiger partial charge in [-0.3, -0.25) is 4.79 Å². The first-order valence-corrected chi connectivity index (χ1v) is 7.03. The number of nitrogens with zero attached hydrogens (tertiary/aromatic N) is 1. The van der Waals surface area contributed by atoms with Crippen molar-refractivity contribution in [2.24, 2.45) is 0 Å². The van der Waals surface area contributed by atoms with Gasteiger partial charge in [-0.1, -0.05) is 30.5 Å². The third-order valence-electron chi connectivity index (χ3n) is 3.77. The quantitative estimate of drug-likeness (QED) is 0.925. The van der Waals surface area contributed by atoms with E-state index in [4.69, 9.17) is 11.6 Å². The van der Waals surface area contributed by atoms with Crippen LogP contribution in [-0.2, 0) is 0 Å². The lowest BCUT2D eigenvalue weighted by Crippen LogP contribution is -2.42. The number of hydrogen-bond acceptors (Lipinski definition) is 2. The van der Waals surface area contributed by atoms with Crippen LogP contribution in [0, 0.1) is 6.92 Å². The number of carbonyl (C=O) groups is 1. The van der Waals surface area contributed by atoms with Gasteiger partial charge in [-0.05, 0) is 37.5 Å². The largest absolute Gasteiger partial charge is 0.388 e. The van der Waals surface area contributed by atoms with Crippen LogP contribution in [0.15, 0.2) is 18.2 Å². The molecule has 0 radical (unpaired) electrons. The Balaban J connectivity index is 2.10. The number of likely N-dealkylation sites (N-methyl/N-ethyl adjacent to an activating group) is 1. The summed E-state index contributed by atoms with van der Waals surface area (Å²) in [6.45, 7) is 2.31. The maximum absolute atomic E-state index is 12.3. The van der Waals surface area contributed by atoms with Crippen molar-refractivity contribution in [3.8, 4) is 0 Å². The van der Waals surface area contributed by atoms with Gasteiger partial charge in [-0.2, -0.15) is 0 Å². The summed E-state index contributed by atoms with van der Waals surface area (Å²) in [6, 6.07) is 5.40. The van der Waals surface area contributed by atoms with Crippen molar-refractivity contribution in [3.63, 3.8) is 0 Å². The minimum absolute atomic E-state index is 0.134. The van der Waals surface area contributed by atoms with Crippen molar-refractivity contribution in [2.75, 3.05) is 13.6 Å². The van der Waals surface area contributed by atoms with Gasteiger partial charge >= 0.3 is 0 Å². The van der Waals surface area contributed by atoms with Crippen LogP contribution >= 0.6 is 11.6 Å². The number of carbonyl (C=O) groups excluding carboxylic acids is 1. The van der Waals surface area contributed by atoms with E-state index in [9.17, 15) is 9.90 Å². The van der Waals surface area contributed by atoms with E-state index < -0.39 is 5.60 Å². The van der Waals surface area contributed by atoms with E-state index in [1.807, 2.05) is 13.0 Å². The lowest BCUT2D eigenvalue weighted by Gasteiger charge is -2.28. The summed E-state index contributed by atoms with van der Waals surface area (Å²) in [5, 5.41) is 10.8. The minimum Gasteiger partial charge on any atom is -0.388 e. The first-order valence-electron chi connectivity index (χ1n) is 6.65. The summed E-state index contributed by atoms with van der Waals surface area (Å²) in [5.74, 6) is -0.134. The summed E-state index contributed by atoms with van der Waals surface area (Å²) in [4.78, 5) is 13.9. The van der Waals surface area contributed by atoms with Gasteiger partial charge in [0.05, 0.1) is 16.2 Å². The van der Waals surface area contributed by atoms with Gasteiger partial charge in [0.1, 0.15) is 0 Å². The first-order chi connectivity index (χ1) is 8.91. The fourth-order valence-electron chi connectivity index (χ4n) is 2.70. The zero-order chi connectivity index (χ0) is 14.0. The van der Waals surface area contributed by atoms with Gasteiger partial charge in [0.2, 0.25) is 0 Å². The second-order valence-electron chi connectivity index (χ2n) is 5.58. The molecular weight excluding hydrogens is 262 g/mol. The number of amides is 1. The Morgan fingerprint density at radius 3 is 2.63 bits per heavy atom. The van der Waals surface area contributed by atoms with E-state index in [-0.39, 0.29) is 5.91 Å².